The Bertz CT molecular complexity index is 1160. The van der Waals surface area contributed by atoms with Crippen LogP contribution in [0.25, 0.3) is 0 Å². The third-order valence-corrected chi connectivity index (χ3v) is 6.88. The number of ether oxygens (including phenoxy) is 2. The Morgan fingerprint density at radius 2 is 1.71 bits per heavy atom. The maximum atomic E-state index is 13.5. The predicted octanol–water partition coefficient (Wildman–Crippen LogP) is 3.72. The van der Waals surface area contributed by atoms with Crippen LogP contribution in [-0.4, -0.2) is 42.2 Å². The lowest BCUT2D eigenvalue weighted by molar-refractivity contribution is -0.131. The lowest BCUT2D eigenvalue weighted by atomic mass is 9.83. The Morgan fingerprint density at radius 1 is 0.943 bits per heavy atom. The van der Waals surface area contributed by atoms with Gasteiger partial charge in [-0.1, -0.05) is 60.7 Å². The summed E-state index contributed by atoms with van der Waals surface area (Å²) in [6.45, 7) is 1.65. The van der Waals surface area contributed by atoms with Crippen molar-refractivity contribution >= 4 is 5.91 Å². The van der Waals surface area contributed by atoms with Gasteiger partial charge in [-0.3, -0.25) is 4.79 Å². The van der Waals surface area contributed by atoms with Crippen molar-refractivity contribution in [1.29, 1.82) is 0 Å². The molecule has 7 nitrogen and oxygen atoms in total. The molecule has 0 bridgehead atoms. The first-order valence-electron chi connectivity index (χ1n) is 12.0. The minimum atomic E-state index is -0.388. The molecule has 3 N–H and O–H groups in total. The van der Waals surface area contributed by atoms with E-state index in [1.165, 1.54) is 0 Å². The van der Waals surface area contributed by atoms with Crippen molar-refractivity contribution in [3.63, 3.8) is 0 Å². The third-order valence-electron chi connectivity index (χ3n) is 6.88. The lowest BCUT2D eigenvalue weighted by Gasteiger charge is -2.31. The average molecular weight is 474 g/mol. The number of methoxy groups -OCH3 is 1. The van der Waals surface area contributed by atoms with Crippen LogP contribution in [0.4, 0.5) is 0 Å². The number of carbonyl (C=O) groups is 1. The first kappa shape index (κ1) is 23.4. The maximum Gasteiger partial charge on any atom is 0.242 e. The van der Waals surface area contributed by atoms with E-state index in [9.17, 15) is 9.90 Å². The molecule has 0 spiro atoms. The number of phenolic OH excluding ortho intramolecular Hbond substituents is 1. The number of carbonyl (C=O) groups excluding carboxylic acids is 1. The van der Waals surface area contributed by atoms with Gasteiger partial charge in [0.05, 0.1) is 12.1 Å². The summed E-state index contributed by atoms with van der Waals surface area (Å²) < 4.78 is 11.4. The second-order valence-electron chi connectivity index (χ2n) is 9.05. The van der Waals surface area contributed by atoms with Crippen LogP contribution in [0.15, 0.2) is 78.9 Å². The van der Waals surface area contributed by atoms with Crippen LogP contribution in [0.1, 0.15) is 35.2 Å². The van der Waals surface area contributed by atoms with E-state index in [0.29, 0.717) is 19.8 Å². The van der Waals surface area contributed by atoms with Crippen molar-refractivity contribution in [3.05, 3.63) is 95.6 Å². The van der Waals surface area contributed by atoms with Crippen LogP contribution in [0.5, 0.6) is 11.5 Å². The van der Waals surface area contributed by atoms with Crippen molar-refractivity contribution in [2.45, 2.75) is 31.2 Å². The van der Waals surface area contributed by atoms with E-state index in [4.69, 9.17) is 9.47 Å². The highest BCUT2D eigenvalue weighted by Gasteiger charge is 2.55. The molecule has 2 fully saturated rings. The number of benzene rings is 3. The van der Waals surface area contributed by atoms with Gasteiger partial charge in [0, 0.05) is 31.7 Å². The smallest absolute Gasteiger partial charge is 0.242 e. The van der Waals surface area contributed by atoms with Gasteiger partial charge < -0.3 is 19.5 Å². The normalized spacial score (nSPS) is 23.5. The predicted molar refractivity (Wildman–Crippen MR) is 133 cm³/mol. The van der Waals surface area contributed by atoms with Crippen LogP contribution in [-0.2, 0) is 16.1 Å². The van der Waals surface area contributed by atoms with Gasteiger partial charge in [-0.2, -0.15) is 0 Å². The number of para-hydroxylation sites is 1. The second-order valence-corrected chi connectivity index (χ2v) is 9.05. The number of hydrogen-bond donors (Lipinski definition) is 3. The van der Waals surface area contributed by atoms with Crippen molar-refractivity contribution in [3.8, 4) is 11.5 Å². The summed E-state index contributed by atoms with van der Waals surface area (Å²) in [5.74, 6) is 0.924. The average Bonchev–Trinajstić information content (AvgIpc) is 3.43. The molecular formula is C28H31N3O4. The fourth-order valence-corrected chi connectivity index (χ4v) is 5.27. The molecule has 4 atom stereocenters. The monoisotopic (exact) mass is 473 g/mol. The van der Waals surface area contributed by atoms with Crippen LogP contribution < -0.4 is 15.6 Å². The van der Waals surface area contributed by atoms with Gasteiger partial charge in [0.15, 0.2) is 0 Å². The van der Waals surface area contributed by atoms with Crippen LogP contribution >= 0.6 is 0 Å². The van der Waals surface area contributed by atoms with E-state index in [-0.39, 0.29) is 35.7 Å². The number of likely N-dealkylation sites (tertiary alicyclic amines) is 1. The summed E-state index contributed by atoms with van der Waals surface area (Å²) in [5, 5.41) is 10.6. The third kappa shape index (κ3) is 4.75. The standard InChI is InChI=1S/C28H31N3O4/c1-34-16-8-15-31-27(20-11-7-12-21(17-20)35-18-19-9-3-2-4-10-19)24-25(29-30-26(24)28(31)33)22-13-5-6-14-23(22)32/h2-7,9-14,17,24-27,29-30,32H,8,15-16,18H2,1H3. The summed E-state index contributed by atoms with van der Waals surface area (Å²) in [6.07, 6.45) is 0.747. The van der Waals surface area contributed by atoms with Gasteiger partial charge in [0.1, 0.15) is 24.1 Å². The van der Waals surface area contributed by atoms with E-state index in [1.54, 1.807) is 19.2 Å². The molecule has 2 heterocycles. The number of phenols is 1. The SMILES string of the molecule is COCCCN1C(=O)C2NNC(c3ccccc3O)C2C1c1cccc(OCc2ccccc2)c1. The highest BCUT2D eigenvalue weighted by Crippen LogP contribution is 2.48. The summed E-state index contributed by atoms with van der Waals surface area (Å²) in [7, 11) is 1.67. The Kier molecular flexibility index (Phi) is 6.99. The number of nitrogens with one attached hydrogen (secondary N) is 2. The van der Waals surface area contributed by atoms with Crippen LogP contribution in [0, 0.1) is 5.92 Å². The zero-order chi connectivity index (χ0) is 24.2. The molecule has 0 aliphatic carbocycles. The summed E-state index contributed by atoms with van der Waals surface area (Å²) >= 11 is 0. The highest BCUT2D eigenvalue weighted by atomic mass is 16.5. The van der Waals surface area contributed by atoms with Gasteiger partial charge in [0.25, 0.3) is 0 Å². The molecule has 2 aliphatic rings. The topological polar surface area (TPSA) is 83.1 Å². The first-order chi connectivity index (χ1) is 17.2. The second kappa shape index (κ2) is 10.5. The van der Waals surface area contributed by atoms with Crippen molar-refractivity contribution in [1.82, 2.24) is 15.8 Å². The molecule has 35 heavy (non-hydrogen) atoms. The van der Waals surface area contributed by atoms with Crippen molar-refractivity contribution in [2.24, 2.45) is 5.92 Å². The summed E-state index contributed by atoms with van der Waals surface area (Å²) in [4.78, 5) is 15.5. The lowest BCUT2D eigenvalue weighted by Crippen LogP contribution is -2.41. The molecule has 2 aliphatic heterocycles. The van der Waals surface area contributed by atoms with Gasteiger partial charge in [-0.05, 0) is 35.7 Å². The zero-order valence-electron chi connectivity index (χ0n) is 19.8. The van der Waals surface area contributed by atoms with Gasteiger partial charge in [-0.15, -0.1) is 0 Å². The van der Waals surface area contributed by atoms with Crippen molar-refractivity contribution in [2.75, 3.05) is 20.3 Å². The molecule has 0 saturated carbocycles. The molecule has 182 valence electrons. The quantitative estimate of drug-likeness (QED) is 0.411. The van der Waals surface area contributed by atoms with E-state index in [0.717, 1.165) is 28.9 Å². The number of hydrogen-bond acceptors (Lipinski definition) is 6. The Labute approximate surface area is 205 Å². The maximum absolute atomic E-state index is 13.5. The van der Waals surface area contributed by atoms with Gasteiger partial charge in [-0.25, -0.2) is 10.9 Å². The molecule has 0 aromatic heterocycles. The highest BCUT2D eigenvalue weighted by molar-refractivity contribution is 5.86. The zero-order valence-corrected chi connectivity index (χ0v) is 19.8. The number of hydrazine groups is 1. The first-order valence-corrected chi connectivity index (χ1v) is 12.0. The minimum absolute atomic E-state index is 0.0529. The largest absolute Gasteiger partial charge is 0.508 e. The van der Waals surface area contributed by atoms with Crippen molar-refractivity contribution < 1.29 is 19.4 Å². The molecule has 0 radical (unpaired) electrons. The number of rotatable bonds is 9. The molecule has 7 heteroatoms. The molecule has 1 amide bonds. The number of amides is 1. The van der Waals surface area contributed by atoms with E-state index < -0.39 is 0 Å². The molecule has 2 saturated heterocycles. The molecule has 3 aromatic carbocycles. The Balaban J connectivity index is 1.46. The number of fused-ring (bicyclic) bond motifs is 1. The summed E-state index contributed by atoms with van der Waals surface area (Å²) in [6, 6.07) is 24.6. The molecule has 4 unspecified atom stereocenters. The Hall–Kier alpha value is -3.39. The molecule has 5 rings (SSSR count). The minimum Gasteiger partial charge on any atom is -0.508 e. The summed E-state index contributed by atoms with van der Waals surface area (Å²) in [5.41, 5.74) is 9.38. The van der Waals surface area contributed by atoms with Crippen LogP contribution in [0.2, 0.25) is 0 Å². The van der Waals surface area contributed by atoms with E-state index in [1.807, 2.05) is 65.6 Å². The van der Waals surface area contributed by atoms with Crippen LogP contribution in [0.3, 0.4) is 0 Å². The van der Waals surface area contributed by atoms with Gasteiger partial charge in [0.2, 0.25) is 5.91 Å². The fraction of sp³-hybridized carbons (Fsp3) is 0.321. The molecular weight excluding hydrogens is 442 g/mol. The van der Waals surface area contributed by atoms with E-state index in [2.05, 4.69) is 16.9 Å². The fourth-order valence-electron chi connectivity index (χ4n) is 5.27. The number of nitrogens with zero attached hydrogens (tertiary/aromatic N) is 1. The van der Waals surface area contributed by atoms with Gasteiger partial charge >= 0.3 is 0 Å². The number of aromatic hydroxyl groups is 1. The van der Waals surface area contributed by atoms with E-state index >= 15 is 0 Å². The molecule has 3 aromatic rings. The Morgan fingerprint density at radius 3 is 2.51 bits per heavy atom.